The number of anilines is 2. The molecule has 2 aromatic rings. The molecule has 0 aliphatic rings. The largest absolute Gasteiger partial charge is 0.495 e. The molecule has 0 saturated carbocycles. The number of nitrogens with one attached hydrogen (secondary N) is 2. The minimum atomic E-state index is -0.271. The fraction of sp³-hybridized carbons (Fsp3) is 0.250. The lowest BCUT2D eigenvalue weighted by atomic mass is 10.2. The molecular weight excluding hydrogens is 266 g/mol. The van der Waals surface area contributed by atoms with Crippen molar-refractivity contribution in [3.8, 4) is 5.75 Å². The van der Waals surface area contributed by atoms with Crippen molar-refractivity contribution in [2.75, 3.05) is 17.7 Å². The van der Waals surface area contributed by atoms with Crippen LogP contribution in [0.2, 0.25) is 0 Å². The van der Waals surface area contributed by atoms with E-state index in [0.717, 1.165) is 0 Å². The first kappa shape index (κ1) is 14.8. The number of hydrogen-bond donors (Lipinski definition) is 2. The van der Waals surface area contributed by atoms with Gasteiger partial charge in [0.05, 0.1) is 12.8 Å². The zero-order valence-corrected chi connectivity index (χ0v) is 12.4. The molecule has 0 fully saturated rings. The number of hydrogen-bond acceptors (Lipinski definition) is 4. The Balaban J connectivity index is 2.16. The van der Waals surface area contributed by atoms with Crippen LogP contribution in [0.4, 0.5) is 11.5 Å². The van der Waals surface area contributed by atoms with Gasteiger partial charge in [-0.3, -0.25) is 4.79 Å². The molecule has 0 aliphatic carbocycles. The topological polar surface area (TPSA) is 63.2 Å². The summed E-state index contributed by atoms with van der Waals surface area (Å²) in [6, 6.07) is 12.8. The standard InChI is InChI=1S/C16H19N3O2/c1-11(2)17-15-10-6-8-13(18-15)16(20)19-12-7-4-5-9-14(12)21-3/h4-11H,1-3H3,(H,17,18)(H,19,20). The highest BCUT2D eigenvalue weighted by Gasteiger charge is 2.11. The lowest BCUT2D eigenvalue weighted by Gasteiger charge is -2.11. The molecule has 5 nitrogen and oxygen atoms in total. The zero-order valence-electron chi connectivity index (χ0n) is 12.4. The van der Waals surface area contributed by atoms with E-state index in [1.165, 1.54) is 0 Å². The molecule has 0 bridgehead atoms. The quantitative estimate of drug-likeness (QED) is 0.885. The Morgan fingerprint density at radius 2 is 1.90 bits per heavy atom. The molecule has 1 aromatic heterocycles. The summed E-state index contributed by atoms with van der Waals surface area (Å²) in [4.78, 5) is 16.6. The zero-order chi connectivity index (χ0) is 15.2. The van der Waals surface area contributed by atoms with E-state index in [1.807, 2.05) is 32.0 Å². The van der Waals surface area contributed by atoms with Gasteiger partial charge in [0.1, 0.15) is 17.3 Å². The summed E-state index contributed by atoms with van der Waals surface area (Å²) in [5.74, 6) is 1.02. The highest BCUT2D eigenvalue weighted by molar-refractivity contribution is 6.03. The van der Waals surface area contributed by atoms with Gasteiger partial charge >= 0.3 is 0 Å². The van der Waals surface area contributed by atoms with E-state index in [0.29, 0.717) is 22.9 Å². The average Bonchev–Trinajstić information content (AvgIpc) is 2.47. The summed E-state index contributed by atoms with van der Waals surface area (Å²) in [7, 11) is 1.57. The minimum Gasteiger partial charge on any atom is -0.495 e. The Kier molecular flexibility index (Phi) is 4.77. The van der Waals surface area contributed by atoms with Gasteiger partial charge in [0.25, 0.3) is 5.91 Å². The number of para-hydroxylation sites is 2. The van der Waals surface area contributed by atoms with Crippen LogP contribution < -0.4 is 15.4 Å². The first-order valence-corrected chi connectivity index (χ1v) is 6.78. The molecule has 0 unspecified atom stereocenters. The summed E-state index contributed by atoms with van der Waals surface area (Å²) in [5, 5.41) is 5.97. The van der Waals surface area contributed by atoms with Crippen molar-refractivity contribution in [2.24, 2.45) is 0 Å². The maximum absolute atomic E-state index is 12.3. The molecule has 110 valence electrons. The van der Waals surface area contributed by atoms with Crippen LogP contribution in [-0.4, -0.2) is 24.0 Å². The Bertz CT molecular complexity index is 626. The lowest BCUT2D eigenvalue weighted by Crippen LogP contribution is -2.16. The SMILES string of the molecule is COc1ccccc1NC(=O)c1cccc(NC(C)C)n1. The van der Waals surface area contributed by atoms with E-state index in [1.54, 1.807) is 31.4 Å². The van der Waals surface area contributed by atoms with E-state index in [2.05, 4.69) is 15.6 Å². The first-order valence-electron chi connectivity index (χ1n) is 6.78. The van der Waals surface area contributed by atoms with E-state index in [-0.39, 0.29) is 11.9 Å². The molecule has 0 spiro atoms. The average molecular weight is 285 g/mol. The predicted octanol–water partition coefficient (Wildman–Crippen LogP) is 3.16. The van der Waals surface area contributed by atoms with E-state index in [4.69, 9.17) is 4.74 Å². The van der Waals surface area contributed by atoms with Gasteiger partial charge in [-0.1, -0.05) is 18.2 Å². The number of rotatable bonds is 5. The van der Waals surface area contributed by atoms with Crippen LogP contribution in [0.15, 0.2) is 42.5 Å². The molecule has 2 rings (SSSR count). The molecular formula is C16H19N3O2. The van der Waals surface area contributed by atoms with Gasteiger partial charge < -0.3 is 15.4 Å². The van der Waals surface area contributed by atoms with Crippen molar-refractivity contribution in [1.82, 2.24) is 4.98 Å². The van der Waals surface area contributed by atoms with Gasteiger partial charge in [-0.25, -0.2) is 4.98 Å². The second-order valence-electron chi connectivity index (χ2n) is 4.86. The summed E-state index contributed by atoms with van der Waals surface area (Å²) < 4.78 is 5.21. The number of pyridine rings is 1. The monoisotopic (exact) mass is 285 g/mol. The summed E-state index contributed by atoms with van der Waals surface area (Å²) in [5.41, 5.74) is 0.973. The van der Waals surface area contributed by atoms with Crippen LogP contribution in [0.5, 0.6) is 5.75 Å². The third kappa shape index (κ3) is 3.95. The molecule has 0 saturated heterocycles. The number of nitrogens with zero attached hydrogens (tertiary/aromatic N) is 1. The Morgan fingerprint density at radius 3 is 2.62 bits per heavy atom. The molecule has 1 aromatic carbocycles. The van der Waals surface area contributed by atoms with Gasteiger partial charge in [0, 0.05) is 6.04 Å². The second kappa shape index (κ2) is 6.74. The van der Waals surface area contributed by atoms with Gasteiger partial charge in [0.2, 0.25) is 0 Å². The molecule has 21 heavy (non-hydrogen) atoms. The number of aromatic nitrogens is 1. The van der Waals surface area contributed by atoms with Crippen LogP contribution in [-0.2, 0) is 0 Å². The number of ether oxygens (including phenoxy) is 1. The highest BCUT2D eigenvalue weighted by Crippen LogP contribution is 2.23. The van der Waals surface area contributed by atoms with Crippen LogP contribution in [0.25, 0.3) is 0 Å². The second-order valence-corrected chi connectivity index (χ2v) is 4.86. The van der Waals surface area contributed by atoms with Crippen LogP contribution in [0.3, 0.4) is 0 Å². The number of benzene rings is 1. The van der Waals surface area contributed by atoms with E-state index < -0.39 is 0 Å². The maximum Gasteiger partial charge on any atom is 0.274 e. The molecule has 2 N–H and O–H groups in total. The van der Waals surface area contributed by atoms with Crippen molar-refractivity contribution in [3.63, 3.8) is 0 Å². The van der Waals surface area contributed by atoms with E-state index >= 15 is 0 Å². The smallest absolute Gasteiger partial charge is 0.274 e. The van der Waals surface area contributed by atoms with Crippen molar-refractivity contribution < 1.29 is 9.53 Å². The fourth-order valence-electron chi connectivity index (χ4n) is 1.87. The van der Waals surface area contributed by atoms with Crippen LogP contribution in [0.1, 0.15) is 24.3 Å². The molecule has 0 aliphatic heterocycles. The van der Waals surface area contributed by atoms with Crippen LogP contribution >= 0.6 is 0 Å². The first-order chi connectivity index (χ1) is 10.1. The lowest BCUT2D eigenvalue weighted by molar-refractivity contribution is 0.102. The number of carbonyl (C=O) groups excluding carboxylic acids is 1. The molecule has 0 radical (unpaired) electrons. The fourth-order valence-corrected chi connectivity index (χ4v) is 1.87. The Labute approximate surface area is 124 Å². The van der Waals surface area contributed by atoms with Gasteiger partial charge in [-0.05, 0) is 38.1 Å². The van der Waals surface area contributed by atoms with E-state index in [9.17, 15) is 4.79 Å². The van der Waals surface area contributed by atoms with Gasteiger partial charge in [-0.2, -0.15) is 0 Å². The molecule has 1 amide bonds. The normalized spacial score (nSPS) is 10.3. The van der Waals surface area contributed by atoms with Gasteiger partial charge in [0.15, 0.2) is 0 Å². The summed E-state index contributed by atoms with van der Waals surface area (Å²) >= 11 is 0. The molecule has 5 heteroatoms. The summed E-state index contributed by atoms with van der Waals surface area (Å²) in [6.45, 7) is 4.03. The number of carbonyl (C=O) groups is 1. The Morgan fingerprint density at radius 1 is 1.14 bits per heavy atom. The molecule has 1 heterocycles. The predicted molar refractivity (Wildman–Crippen MR) is 83.9 cm³/mol. The van der Waals surface area contributed by atoms with Crippen molar-refractivity contribution >= 4 is 17.4 Å². The van der Waals surface area contributed by atoms with Crippen molar-refractivity contribution in [3.05, 3.63) is 48.2 Å². The third-order valence-corrected chi connectivity index (χ3v) is 2.77. The van der Waals surface area contributed by atoms with Crippen molar-refractivity contribution in [2.45, 2.75) is 19.9 Å². The van der Waals surface area contributed by atoms with Crippen molar-refractivity contribution in [1.29, 1.82) is 0 Å². The minimum absolute atomic E-state index is 0.255. The van der Waals surface area contributed by atoms with Crippen LogP contribution in [0, 0.1) is 0 Å². The molecule has 0 atom stereocenters. The van der Waals surface area contributed by atoms with Gasteiger partial charge in [-0.15, -0.1) is 0 Å². The number of amides is 1. The third-order valence-electron chi connectivity index (χ3n) is 2.77. The highest BCUT2D eigenvalue weighted by atomic mass is 16.5. The maximum atomic E-state index is 12.3. The number of methoxy groups -OCH3 is 1. The summed E-state index contributed by atoms with van der Waals surface area (Å²) in [6.07, 6.45) is 0. The Hall–Kier alpha value is -2.56.